The van der Waals surface area contributed by atoms with E-state index in [1.807, 2.05) is 42.6 Å². The van der Waals surface area contributed by atoms with Crippen LogP contribution in [-0.4, -0.2) is 33.7 Å². The van der Waals surface area contributed by atoms with Crippen molar-refractivity contribution in [3.05, 3.63) is 75.4 Å². The first-order chi connectivity index (χ1) is 16.5. The summed E-state index contributed by atoms with van der Waals surface area (Å²) in [5, 5.41) is 14.8. The predicted octanol–water partition coefficient (Wildman–Crippen LogP) is 4.48. The summed E-state index contributed by atoms with van der Waals surface area (Å²) in [4.78, 5) is 36.3. The topological polar surface area (TPSA) is 121 Å². The molecule has 0 unspecified atom stereocenters. The van der Waals surface area contributed by atoms with Crippen LogP contribution in [0.4, 0.5) is 5.13 Å². The van der Waals surface area contributed by atoms with Gasteiger partial charge in [0.15, 0.2) is 10.3 Å². The summed E-state index contributed by atoms with van der Waals surface area (Å²) in [6.45, 7) is 2.02. The third-order valence-electron chi connectivity index (χ3n) is 4.81. The summed E-state index contributed by atoms with van der Waals surface area (Å²) in [6, 6.07) is 16.8. The number of thiazole rings is 1. The van der Waals surface area contributed by atoms with Crippen molar-refractivity contribution in [1.29, 1.82) is 5.26 Å². The number of aromatic nitrogens is 3. The quantitative estimate of drug-likeness (QED) is 0.290. The molecule has 0 saturated carbocycles. The van der Waals surface area contributed by atoms with Gasteiger partial charge in [-0.05, 0) is 31.2 Å². The normalized spacial score (nSPS) is 10.5. The standard InChI is InChI=1S/C24H19N5O3S2/c1-14-3-5-15(6-4-14)19-12-33-23(26-19)27-20(30)13-34-24-28-21(18(11-25)22(31)29-24)16-7-9-17(32-2)10-8-16/h3-10,12H,13H2,1-2H3,(H,26,27,30)(H,28,29,31). The second kappa shape index (κ2) is 10.3. The zero-order valence-electron chi connectivity index (χ0n) is 18.3. The molecule has 0 radical (unpaired) electrons. The van der Waals surface area contributed by atoms with Gasteiger partial charge in [0.05, 0.1) is 24.3 Å². The predicted molar refractivity (Wildman–Crippen MR) is 133 cm³/mol. The number of nitrogens with one attached hydrogen (secondary N) is 2. The molecule has 0 fully saturated rings. The number of H-pyrrole nitrogens is 1. The number of carbonyl (C=O) groups excluding carboxylic acids is 1. The molecule has 0 spiro atoms. The first-order valence-electron chi connectivity index (χ1n) is 10.1. The Kier molecular flexibility index (Phi) is 7.06. The maximum absolute atomic E-state index is 12.5. The number of methoxy groups -OCH3 is 1. The number of nitriles is 1. The molecule has 2 heterocycles. The molecule has 2 aromatic heterocycles. The van der Waals surface area contributed by atoms with Crippen LogP contribution < -0.4 is 15.6 Å². The van der Waals surface area contributed by atoms with Crippen molar-refractivity contribution in [2.24, 2.45) is 0 Å². The van der Waals surface area contributed by atoms with Crippen molar-refractivity contribution in [2.75, 3.05) is 18.2 Å². The third-order valence-corrected chi connectivity index (χ3v) is 6.44. The Balaban J connectivity index is 1.45. The Bertz CT molecular complexity index is 1420. The lowest BCUT2D eigenvalue weighted by molar-refractivity contribution is -0.113. The van der Waals surface area contributed by atoms with Gasteiger partial charge in [-0.3, -0.25) is 9.59 Å². The van der Waals surface area contributed by atoms with Crippen LogP contribution in [0.25, 0.3) is 22.5 Å². The summed E-state index contributed by atoms with van der Waals surface area (Å²) in [5.41, 5.74) is 3.12. The van der Waals surface area contributed by atoms with Crippen molar-refractivity contribution in [3.63, 3.8) is 0 Å². The Morgan fingerprint density at radius 2 is 1.85 bits per heavy atom. The Labute approximate surface area is 203 Å². The van der Waals surface area contributed by atoms with E-state index >= 15 is 0 Å². The van der Waals surface area contributed by atoms with Crippen molar-refractivity contribution in [1.82, 2.24) is 15.0 Å². The fourth-order valence-electron chi connectivity index (χ4n) is 3.06. The summed E-state index contributed by atoms with van der Waals surface area (Å²) < 4.78 is 5.15. The van der Waals surface area contributed by atoms with Crippen LogP contribution in [0.3, 0.4) is 0 Å². The minimum atomic E-state index is -0.561. The van der Waals surface area contributed by atoms with E-state index in [2.05, 4.69) is 20.3 Å². The van der Waals surface area contributed by atoms with Crippen molar-refractivity contribution >= 4 is 34.1 Å². The van der Waals surface area contributed by atoms with E-state index in [-0.39, 0.29) is 28.1 Å². The molecule has 0 aliphatic heterocycles. The van der Waals surface area contributed by atoms with Crippen LogP contribution >= 0.6 is 23.1 Å². The smallest absolute Gasteiger partial charge is 0.270 e. The van der Waals surface area contributed by atoms with E-state index in [1.165, 1.54) is 11.3 Å². The molecule has 0 saturated heterocycles. The molecule has 0 aliphatic rings. The number of ether oxygens (including phenoxy) is 1. The summed E-state index contributed by atoms with van der Waals surface area (Å²) in [7, 11) is 1.55. The van der Waals surface area contributed by atoms with Crippen molar-refractivity contribution in [3.8, 4) is 34.3 Å². The van der Waals surface area contributed by atoms with E-state index in [0.29, 0.717) is 16.4 Å². The SMILES string of the molecule is COc1ccc(-c2nc(SCC(=O)Nc3nc(-c4ccc(C)cc4)cs3)[nH]c(=O)c2C#N)cc1. The molecule has 8 nitrogen and oxygen atoms in total. The number of hydrogen-bond acceptors (Lipinski definition) is 8. The number of anilines is 1. The molecule has 10 heteroatoms. The summed E-state index contributed by atoms with van der Waals surface area (Å²) in [5.74, 6) is 0.370. The average Bonchev–Trinajstić information content (AvgIpc) is 3.31. The number of hydrogen-bond donors (Lipinski definition) is 2. The number of thioether (sulfide) groups is 1. The van der Waals surface area contributed by atoms with Gasteiger partial charge in [-0.1, -0.05) is 41.6 Å². The number of benzene rings is 2. The molecule has 2 N–H and O–H groups in total. The van der Waals surface area contributed by atoms with Crippen LogP contribution in [0.1, 0.15) is 11.1 Å². The highest BCUT2D eigenvalue weighted by molar-refractivity contribution is 7.99. The highest BCUT2D eigenvalue weighted by Gasteiger charge is 2.15. The second-order valence-corrected chi connectivity index (χ2v) is 9.00. The van der Waals surface area contributed by atoms with Crippen molar-refractivity contribution < 1.29 is 9.53 Å². The maximum Gasteiger partial charge on any atom is 0.270 e. The fourth-order valence-corrected chi connectivity index (χ4v) is 4.46. The number of nitrogens with zero attached hydrogens (tertiary/aromatic N) is 3. The molecule has 34 heavy (non-hydrogen) atoms. The summed E-state index contributed by atoms with van der Waals surface area (Å²) in [6.07, 6.45) is 0. The molecule has 1 amide bonds. The van der Waals surface area contributed by atoms with Gasteiger partial charge in [0, 0.05) is 16.5 Å². The number of rotatable bonds is 7. The van der Waals surface area contributed by atoms with Gasteiger partial charge in [-0.2, -0.15) is 5.26 Å². The molecule has 2 aromatic carbocycles. The average molecular weight is 490 g/mol. The Morgan fingerprint density at radius 1 is 1.15 bits per heavy atom. The lowest BCUT2D eigenvalue weighted by atomic mass is 10.1. The number of carbonyl (C=O) groups is 1. The molecule has 0 aliphatic carbocycles. The minimum Gasteiger partial charge on any atom is -0.497 e. The molecule has 170 valence electrons. The van der Waals surface area contributed by atoms with Crippen LogP contribution in [-0.2, 0) is 4.79 Å². The van der Waals surface area contributed by atoms with Gasteiger partial charge in [0.1, 0.15) is 17.4 Å². The van der Waals surface area contributed by atoms with Gasteiger partial charge >= 0.3 is 0 Å². The fraction of sp³-hybridized carbons (Fsp3) is 0.125. The van der Waals surface area contributed by atoms with E-state index in [4.69, 9.17) is 4.74 Å². The lowest BCUT2D eigenvalue weighted by Crippen LogP contribution is -2.17. The largest absolute Gasteiger partial charge is 0.497 e. The Hall–Kier alpha value is -3.94. The molecule has 4 rings (SSSR count). The van der Waals surface area contributed by atoms with E-state index in [0.717, 1.165) is 28.6 Å². The van der Waals surface area contributed by atoms with E-state index in [9.17, 15) is 14.9 Å². The van der Waals surface area contributed by atoms with Crippen LogP contribution in [0, 0.1) is 18.3 Å². The monoisotopic (exact) mass is 489 g/mol. The number of amides is 1. The minimum absolute atomic E-state index is 0.0103. The van der Waals surface area contributed by atoms with Gasteiger partial charge in [-0.15, -0.1) is 11.3 Å². The number of aromatic amines is 1. The lowest BCUT2D eigenvalue weighted by Gasteiger charge is -2.07. The molecular formula is C24H19N5O3S2. The van der Waals surface area contributed by atoms with Crippen LogP contribution in [0.2, 0.25) is 0 Å². The number of aryl methyl sites for hydroxylation is 1. The Morgan fingerprint density at radius 3 is 2.53 bits per heavy atom. The van der Waals surface area contributed by atoms with Crippen molar-refractivity contribution in [2.45, 2.75) is 12.1 Å². The van der Waals surface area contributed by atoms with E-state index < -0.39 is 5.56 Å². The molecule has 4 aromatic rings. The zero-order chi connectivity index (χ0) is 24.1. The molecule has 0 bridgehead atoms. The van der Waals surface area contributed by atoms with Gasteiger partial charge in [-0.25, -0.2) is 9.97 Å². The maximum atomic E-state index is 12.5. The first kappa shape index (κ1) is 23.2. The highest BCUT2D eigenvalue weighted by atomic mass is 32.2. The zero-order valence-corrected chi connectivity index (χ0v) is 19.9. The van der Waals surface area contributed by atoms with Crippen LogP contribution in [0.15, 0.2) is 63.9 Å². The molecule has 0 atom stereocenters. The van der Waals surface area contributed by atoms with E-state index in [1.54, 1.807) is 31.4 Å². The second-order valence-electron chi connectivity index (χ2n) is 7.18. The van der Waals surface area contributed by atoms with Crippen LogP contribution in [0.5, 0.6) is 5.75 Å². The first-order valence-corrected chi connectivity index (χ1v) is 12.0. The van der Waals surface area contributed by atoms with Gasteiger partial charge in [0.25, 0.3) is 5.56 Å². The van der Waals surface area contributed by atoms with Gasteiger partial charge < -0.3 is 15.0 Å². The third kappa shape index (κ3) is 5.33. The van der Waals surface area contributed by atoms with Gasteiger partial charge in [0.2, 0.25) is 5.91 Å². The summed E-state index contributed by atoms with van der Waals surface area (Å²) >= 11 is 2.40. The highest BCUT2D eigenvalue weighted by Crippen LogP contribution is 2.26. The molecular weight excluding hydrogens is 470 g/mol.